The Kier molecular flexibility index (Phi) is 5.82. The van der Waals surface area contributed by atoms with E-state index in [4.69, 9.17) is 21.0 Å². The van der Waals surface area contributed by atoms with Crippen LogP contribution in [-0.4, -0.2) is 20.4 Å². The van der Waals surface area contributed by atoms with Crippen LogP contribution in [0, 0.1) is 13.8 Å². The Morgan fingerprint density at radius 3 is 2.59 bits per heavy atom. The average molecular weight is 572 g/mol. The summed E-state index contributed by atoms with van der Waals surface area (Å²) < 4.78 is 10.5. The Labute approximate surface area is 225 Å². The number of nitrogens with zero attached hydrogens (tertiary/aromatic N) is 4. The molecule has 0 saturated heterocycles. The Bertz CT molecular complexity index is 1900. The fourth-order valence-electron chi connectivity index (χ4n) is 4.54. The van der Waals surface area contributed by atoms with Crippen LogP contribution in [0.1, 0.15) is 17.0 Å². The molecule has 0 N–H and O–H groups in total. The number of halogens is 2. The average Bonchev–Trinajstić information content (AvgIpc) is 3.43. The van der Waals surface area contributed by atoms with Crippen LogP contribution in [0.5, 0.6) is 0 Å². The fraction of sp³-hybridized carbons (Fsp3) is 0.0690. The summed E-state index contributed by atoms with van der Waals surface area (Å²) in [6, 6.07) is 24.6. The van der Waals surface area contributed by atoms with Crippen LogP contribution in [0.4, 0.5) is 0 Å². The lowest BCUT2D eigenvalue weighted by Crippen LogP contribution is -2.20. The van der Waals surface area contributed by atoms with Crippen molar-refractivity contribution in [1.82, 2.24) is 14.2 Å². The number of rotatable bonds is 4. The predicted octanol–water partition coefficient (Wildman–Crippen LogP) is 7.52. The zero-order chi connectivity index (χ0) is 25.7. The van der Waals surface area contributed by atoms with Crippen LogP contribution in [0.15, 0.2) is 97.6 Å². The van der Waals surface area contributed by atoms with Crippen molar-refractivity contribution < 1.29 is 4.42 Å². The molecule has 6 nitrogen and oxygen atoms in total. The van der Waals surface area contributed by atoms with Gasteiger partial charge < -0.3 is 8.98 Å². The highest BCUT2D eigenvalue weighted by Gasteiger charge is 2.17. The molecule has 6 aromatic rings. The standard InChI is InChI=1S/C29H20BrClN4O2/c1-17-13-20(18(2)34(17)23-10-8-22(31)9-11-23)16-32-35-28(33-25-6-4-3-5-24(25)29(35)36)27-15-19-14-21(30)7-12-26(19)37-27/h3-16H,1-2H3. The van der Waals surface area contributed by atoms with E-state index >= 15 is 0 Å². The van der Waals surface area contributed by atoms with E-state index in [9.17, 15) is 4.79 Å². The third kappa shape index (κ3) is 4.20. The molecule has 6 rings (SSSR count). The molecule has 37 heavy (non-hydrogen) atoms. The monoisotopic (exact) mass is 570 g/mol. The van der Waals surface area contributed by atoms with Gasteiger partial charge in [0.15, 0.2) is 5.76 Å². The van der Waals surface area contributed by atoms with E-state index in [1.54, 1.807) is 12.3 Å². The van der Waals surface area contributed by atoms with Gasteiger partial charge in [-0.3, -0.25) is 4.79 Å². The molecule has 0 saturated carbocycles. The van der Waals surface area contributed by atoms with E-state index in [0.29, 0.717) is 33.1 Å². The number of aryl methyl sites for hydroxylation is 1. The number of furan rings is 1. The minimum atomic E-state index is -0.273. The van der Waals surface area contributed by atoms with Gasteiger partial charge in [-0.05, 0) is 80.6 Å². The highest BCUT2D eigenvalue weighted by Crippen LogP contribution is 2.29. The summed E-state index contributed by atoms with van der Waals surface area (Å²) in [6.45, 7) is 4.04. The lowest BCUT2D eigenvalue weighted by atomic mass is 10.2. The first kappa shape index (κ1) is 23.5. The maximum absolute atomic E-state index is 13.6. The summed E-state index contributed by atoms with van der Waals surface area (Å²) in [5.41, 5.74) is 4.91. The van der Waals surface area contributed by atoms with E-state index in [-0.39, 0.29) is 5.56 Å². The molecule has 0 aliphatic heterocycles. The van der Waals surface area contributed by atoms with Gasteiger partial charge in [-0.25, -0.2) is 4.98 Å². The summed E-state index contributed by atoms with van der Waals surface area (Å²) in [5, 5.41) is 6.69. The van der Waals surface area contributed by atoms with E-state index in [2.05, 4.69) is 25.6 Å². The van der Waals surface area contributed by atoms with Crippen molar-refractivity contribution in [3.8, 4) is 17.3 Å². The zero-order valence-electron chi connectivity index (χ0n) is 19.9. The van der Waals surface area contributed by atoms with Crippen LogP contribution in [0.3, 0.4) is 0 Å². The van der Waals surface area contributed by atoms with Gasteiger partial charge in [0.2, 0.25) is 5.82 Å². The van der Waals surface area contributed by atoms with Crippen molar-refractivity contribution in [2.75, 3.05) is 0 Å². The van der Waals surface area contributed by atoms with Gasteiger partial charge in [-0.2, -0.15) is 9.78 Å². The molecule has 0 fully saturated rings. The maximum atomic E-state index is 13.6. The van der Waals surface area contributed by atoms with E-state index in [1.807, 2.05) is 86.6 Å². The first-order valence-electron chi connectivity index (χ1n) is 11.6. The van der Waals surface area contributed by atoms with Crippen molar-refractivity contribution in [2.45, 2.75) is 13.8 Å². The molecule has 0 aliphatic rings. The van der Waals surface area contributed by atoms with E-state index < -0.39 is 0 Å². The number of hydrogen-bond acceptors (Lipinski definition) is 4. The summed E-state index contributed by atoms with van der Waals surface area (Å²) in [6.07, 6.45) is 1.69. The molecule has 0 radical (unpaired) electrons. The quantitative estimate of drug-likeness (QED) is 0.206. The van der Waals surface area contributed by atoms with Gasteiger partial charge in [0.25, 0.3) is 5.56 Å². The highest BCUT2D eigenvalue weighted by molar-refractivity contribution is 9.10. The topological polar surface area (TPSA) is 65.3 Å². The summed E-state index contributed by atoms with van der Waals surface area (Å²) in [5.74, 6) is 0.790. The summed E-state index contributed by atoms with van der Waals surface area (Å²) in [7, 11) is 0. The predicted molar refractivity (Wildman–Crippen MR) is 152 cm³/mol. The largest absolute Gasteiger partial charge is 0.453 e. The minimum Gasteiger partial charge on any atom is -0.453 e. The first-order chi connectivity index (χ1) is 17.9. The van der Waals surface area contributed by atoms with Gasteiger partial charge in [-0.1, -0.05) is 39.7 Å². The fourth-order valence-corrected chi connectivity index (χ4v) is 5.05. The molecule has 0 aliphatic carbocycles. The minimum absolute atomic E-state index is 0.273. The molecule has 3 aromatic heterocycles. The Morgan fingerprint density at radius 2 is 1.78 bits per heavy atom. The van der Waals surface area contributed by atoms with Crippen molar-refractivity contribution in [3.63, 3.8) is 0 Å². The molecule has 182 valence electrons. The summed E-state index contributed by atoms with van der Waals surface area (Å²) in [4.78, 5) is 18.3. The van der Waals surface area contributed by atoms with E-state index in [1.165, 1.54) is 4.68 Å². The number of fused-ring (bicyclic) bond motifs is 2. The highest BCUT2D eigenvalue weighted by atomic mass is 79.9. The maximum Gasteiger partial charge on any atom is 0.282 e. The smallest absolute Gasteiger partial charge is 0.282 e. The van der Waals surface area contributed by atoms with Crippen molar-refractivity contribution in [2.24, 2.45) is 5.10 Å². The number of aromatic nitrogens is 3. The third-order valence-corrected chi connectivity index (χ3v) is 7.07. The molecular weight excluding hydrogens is 552 g/mol. The van der Waals surface area contributed by atoms with Crippen LogP contribution in [0.25, 0.3) is 39.1 Å². The Morgan fingerprint density at radius 1 is 1.00 bits per heavy atom. The number of hydrogen-bond donors (Lipinski definition) is 0. The van der Waals surface area contributed by atoms with Crippen LogP contribution in [-0.2, 0) is 0 Å². The van der Waals surface area contributed by atoms with Crippen LogP contribution in [0.2, 0.25) is 5.02 Å². The molecule has 8 heteroatoms. The molecule has 3 aromatic carbocycles. The third-order valence-electron chi connectivity index (χ3n) is 6.32. The van der Waals surface area contributed by atoms with Crippen molar-refractivity contribution in [1.29, 1.82) is 0 Å². The van der Waals surface area contributed by atoms with Gasteiger partial charge >= 0.3 is 0 Å². The van der Waals surface area contributed by atoms with Gasteiger partial charge in [-0.15, -0.1) is 0 Å². The van der Waals surface area contributed by atoms with Crippen LogP contribution < -0.4 is 5.56 Å². The Hall–Kier alpha value is -3.94. The van der Waals surface area contributed by atoms with Crippen LogP contribution >= 0.6 is 27.5 Å². The summed E-state index contributed by atoms with van der Waals surface area (Å²) >= 11 is 9.58. The van der Waals surface area contributed by atoms with E-state index in [0.717, 1.165) is 32.5 Å². The molecule has 0 amide bonds. The second-order valence-electron chi connectivity index (χ2n) is 8.75. The zero-order valence-corrected chi connectivity index (χ0v) is 22.3. The molecule has 0 unspecified atom stereocenters. The molecular formula is C29H20BrClN4O2. The molecule has 0 spiro atoms. The second kappa shape index (κ2) is 9.18. The molecule has 0 atom stereocenters. The second-order valence-corrected chi connectivity index (χ2v) is 10.1. The van der Waals surface area contributed by atoms with Gasteiger partial charge in [0, 0.05) is 37.5 Å². The van der Waals surface area contributed by atoms with Crippen molar-refractivity contribution in [3.05, 3.63) is 116 Å². The lowest BCUT2D eigenvalue weighted by molar-refractivity contribution is 0.616. The first-order valence-corrected chi connectivity index (χ1v) is 12.8. The van der Waals surface area contributed by atoms with Gasteiger partial charge in [0.1, 0.15) is 5.58 Å². The number of benzene rings is 3. The lowest BCUT2D eigenvalue weighted by Gasteiger charge is -2.09. The SMILES string of the molecule is Cc1cc(C=Nn2c(-c3cc4cc(Br)ccc4o3)nc3ccccc3c2=O)c(C)n1-c1ccc(Cl)cc1. The number of para-hydroxylation sites is 1. The molecule has 0 bridgehead atoms. The normalized spacial score (nSPS) is 11.8. The Balaban J connectivity index is 1.51. The van der Waals surface area contributed by atoms with Crippen molar-refractivity contribution >= 4 is 55.6 Å². The van der Waals surface area contributed by atoms with Gasteiger partial charge in [0.05, 0.1) is 17.1 Å². The molecule has 3 heterocycles.